The number of carbonyl (C=O) groups is 2. The molecule has 3 aromatic carbocycles. The highest BCUT2D eigenvalue weighted by atomic mass is 35.5. The monoisotopic (exact) mass is 604 g/mol. The summed E-state index contributed by atoms with van der Waals surface area (Å²) >= 11 is 12.4. The summed E-state index contributed by atoms with van der Waals surface area (Å²) < 4.78 is 39.7. The minimum Gasteiger partial charge on any atom is -0.493 e. The molecule has 8 nitrogen and oxygen atoms in total. The second-order valence-corrected chi connectivity index (χ2v) is 12.4. The van der Waals surface area contributed by atoms with E-state index in [0.29, 0.717) is 17.2 Å². The van der Waals surface area contributed by atoms with Crippen molar-refractivity contribution in [2.75, 3.05) is 25.7 Å². The topological polar surface area (TPSA) is 93.2 Å². The number of sulfonamides is 1. The SMILES string of the molecule is COc1ccc(CCN(C2CC(=O)N(c3ccc(C(C)C)cc3)C2=O)S(=O)(=O)c2cc(Cl)ccc2Cl)cc1OC. The van der Waals surface area contributed by atoms with Crippen molar-refractivity contribution in [3.05, 3.63) is 81.8 Å². The fraction of sp³-hybridized carbons (Fsp3) is 0.310. The normalized spacial score (nSPS) is 15.8. The highest BCUT2D eigenvalue weighted by molar-refractivity contribution is 7.89. The Balaban J connectivity index is 1.72. The molecule has 1 heterocycles. The van der Waals surface area contributed by atoms with E-state index in [2.05, 4.69) is 0 Å². The van der Waals surface area contributed by atoms with Crippen LogP contribution in [0, 0.1) is 0 Å². The van der Waals surface area contributed by atoms with Gasteiger partial charge in [-0.1, -0.05) is 55.2 Å². The van der Waals surface area contributed by atoms with Gasteiger partial charge >= 0.3 is 0 Å². The van der Waals surface area contributed by atoms with Crippen molar-refractivity contribution >= 4 is 50.7 Å². The van der Waals surface area contributed by atoms with E-state index in [1.807, 2.05) is 26.0 Å². The van der Waals surface area contributed by atoms with Gasteiger partial charge in [-0.05, 0) is 65.9 Å². The maximum Gasteiger partial charge on any atom is 0.252 e. The lowest BCUT2D eigenvalue weighted by atomic mass is 10.0. The van der Waals surface area contributed by atoms with Gasteiger partial charge < -0.3 is 9.47 Å². The number of nitrogens with zero attached hydrogens (tertiary/aromatic N) is 2. The van der Waals surface area contributed by atoms with Crippen LogP contribution in [0.25, 0.3) is 0 Å². The van der Waals surface area contributed by atoms with E-state index < -0.39 is 27.9 Å². The van der Waals surface area contributed by atoms with Crippen molar-refractivity contribution in [3.63, 3.8) is 0 Å². The van der Waals surface area contributed by atoms with Crippen LogP contribution in [0.5, 0.6) is 11.5 Å². The minimum atomic E-state index is -4.35. The molecule has 0 radical (unpaired) electrons. The third-order valence-corrected chi connectivity index (χ3v) is 9.46. The number of methoxy groups -OCH3 is 2. The number of rotatable bonds is 10. The number of benzene rings is 3. The number of imide groups is 1. The number of amides is 2. The Morgan fingerprint density at radius 3 is 2.25 bits per heavy atom. The van der Waals surface area contributed by atoms with Crippen LogP contribution in [-0.2, 0) is 26.0 Å². The average molecular weight is 606 g/mol. The lowest BCUT2D eigenvalue weighted by molar-refractivity contribution is -0.122. The molecular weight excluding hydrogens is 575 g/mol. The van der Waals surface area contributed by atoms with E-state index in [9.17, 15) is 18.0 Å². The molecule has 3 aromatic rings. The highest BCUT2D eigenvalue weighted by Gasteiger charge is 2.47. The van der Waals surface area contributed by atoms with Gasteiger partial charge in [-0.2, -0.15) is 4.31 Å². The second-order valence-electron chi connectivity index (χ2n) is 9.66. The van der Waals surface area contributed by atoms with Crippen molar-refractivity contribution in [2.45, 2.75) is 43.5 Å². The van der Waals surface area contributed by atoms with Crippen molar-refractivity contribution in [3.8, 4) is 11.5 Å². The van der Waals surface area contributed by atoms with Crippen LogP contribution in [0.15, 0.2) is 65.6 Å². The van der Waals surface area contributed by atoms with Crippen molar-refractivity contribution < 1.29 is 27.5 Å². The molecule has 1 atom stereocenters. The Morgan fingerprint density at radius 2 is 1.62 bits per heavy atom. The van der Waals surface area contributed by atoms with Gasteiger partial charge in [-0.3, -0.25) is 9.59 Å². The van der Waals surface area contributed by atoms with Crippen LogP contribution >= 0.6 is 23.2 Å². The molecule has 0 saturated carbocycles. The molecule has 1 saturated heterocycles. The van der Waals surface area contributed by atoms with Crippen LogP contribution < -0.4 is 14.4 Å². The summed E-state index contributed by atoms with van der Waals surface area (Å²) in [6.07, 6.45) is -0.0903. The summed E-state index contributed by atoms with van der Waals surface area (Å²) in [7, 11) is -1.33. The fourth-order valence-electron chi connectivity index (χ4n) is 4.64. The molecule has 4 rings (SSSR count). The summed E-state index contributed by atoms with van der Waals surface area (Å²) in [5.41, 5.74) is 2.18. The van der Waals surface area contributed by atoms with Gasteiger partial charge in [0.05, 0.1) is 31.4 Å². The number of anilines is 1. The first-order valence-electron chi connectivity index (χ1n) is 12.6. The fourth-order valence-corrected chi connectivity index (χ4v) is 6.96. The van der Waals surface area contributed by atoms with Crippen molar-refractivity contribution in [1.29, 1.82) is 0 Å². The third-order valence-electron chi connectivity index (χ3n) is 6.84. The number of halogens is 2. The molecular formula is C29H30Cl2N2O6S. The predicted molar refractivity (Wildman–Crippen MR) is 155 cm³/mol. The van der Waals surface area contributed by atoms with Gasteiger partial charge in [-0.25, -0.2) is 13.3 Å². The molecule has 1 aliphatic heterocycles. The first kappa shape index (κ1) is 29.9. The Hall–Kier alpha value is -3.11. The molecule has 1 fully saturated rings. The average Bonchev–Trinajstić information content (AvgIpc) is 3.22. The zero-order valence-electron chi connectivity index (χ0n) is 22.6. The van der Waals surface area contributed by atoms with E-state index >= 15 is 0 Å². The molecule has 1 aliphatic rings. The van der Waals surface area contributed by atoms with Gasteiger partial charge in [0.15, 0.2) is 11.5 Å². The van der Waals surface area contributed by atoms with Crippen LogP contribution in [-0.4, -0.2) is 51.3 Å². The van der Waals surface area contributed by atoms with Gasteiger partial charge in [-0.15, -0.1) is 0 Å². The van der Waals surface area contributed by atoms with Crippen molar-refractivity contribution in [2.24, 2.45) is 0 Å². The van der Waals surface area contributed by atoms with Crippen LogP contribution in [0.2, 0.25) is 10.0 Å². The number of hydrogen-bond acceptors (Lipinski definition) is 6. The third kappa shape index (κ3) is 5.98. The van der Waals surface area contributed by atoms with Gasteiger partial charge in [0.2, 0.25) is 15.9 Å². The molecule has 0 aliphatic carbocycles. The number of carbonyl (C=O) groups excluding carboxylic acids is 2. The molecule has 212 valence electrons. The van der Waals surface area contributed by atoms with E-state index in [1.54, 1.807) is 30.3 Å². The Bertz CT molecular complexity index is 1530. The number of ether oxygens (including phenoxy) is 2. The smallest absolute Gasteiger partial charge is 0.252 e. The summed E-state index contributed by atoms with van der Waals surface area (Å²) in [6, 6.07) is 15.2. The van der Waals surface area contributed by atoms with Gasteiger partial charge in [0.25, 0.3) is 5.91 Å². The lowest BCUT2D eigenvalue weighted by Gasteiger charge is -2.27. The second kappa shape index (κ2) is 12.2. The van der Waals surface area contributed by atoms with Crippen LogP contribution in [0.4, 0.5) is 5.69 Å². The maximum absolute atomic E-state index is 14.0. The molecule has 1 unspecified atom stereocenters. The summed E-state index contributed by atoms with van der Waals surface area (Å²) in [6.45, 7) is 3.98. The highest BCUT2D eigenvalue weighted by Crippen LogP contribution is 2.34. The van der Waals surface area contributed by atoms with E-state index in [-0.39, 0.29) is 40.2 Å². The Labute approximate surface area is 244 Å². The first-order valence-corrected chi connectivity index (χ1v) is 14.8. The molecule has 2 amide bonds. The van der Waals surface area contributed by atoms with E-state index in [4.69, 9.17) is 32.7 Å². The summed E-state index contributed by atoms with van der Waals surface area (Å²) in [4.78, 5) is 27.6. The number of hydrogen-bond donors (Lipinski definition) is 0. The molecule has 0 aromatic heterocycles. The van der Waals surface area contributed by atoms with E-state index in [1.165, 1.54) is 32.4 Å². The summed E-state index contributed by atoms with van der Waals surface area (Å²) in [5, 5.41) is 0.127. The molecule has 0 bridgehead atoms. The lowest BCUT2D eigenvalue weighted by Crippen LogP contribution is -2.46. The van der Waals surface area contributed by atoms with Gasteiger partial charge in [0.1, 0.15) is 10.9 Å². The Morgan fingerprint density at radius 1 is 0.950 bits per heavy atom. The maximum atomic E-state index is 14.0. The standard InChI is InChI=1S/C29H30Cl2N2O6S/c1-18(2)20-6-9-22(10-7-20)33-28(34)17-24(29(33)35)32(40(36,37)27-16-21(30)8-11-23(27)31)14-13-19-5-12-25(38-3)26(15-19)39-4/h5-12,15-16,18,24H,13-14,17H2,1-4H3. The quantitative estimate of drug-likeness (QED) is 0.276. The minimum absolute atomic E-state index is 0.0431. The zero-order valence-corrected chi connectivity index (χ0v) is 24.9. The molecule has 0 spiro atoms. The zero-order chi connectivity index (χ0) is 29.2. The largest absolute Gasteiger partial charge is 0.493 e. The summed E-state index contributed by atoms with van der Waals surface area (Å²) in [5.74, 6) is 0.158. The van der Waals surface area contributed by atoms with Gasteiger partial charge in [0, 0.05) is 11.6 Å². The van der Waals surface area contributed by atoms with Crippen LogP contribution in [0.1, 0.15) is 37.3 Å². The first-order chi connectivity index (χ1) is 19.0. The molecule has 11 heteroatoms. The van der Waals surface area contributed by atoms with E-state index in [0.717, 1.165) is 20.3 Å². The Kier molecular flexibility index (Phi) is 9.09. The van der Waals surface area contributed by atoms with Crippen molar-refractivity contribution in [1.82, 2.24) is 4.31 Å². The molecule has 40 heavy (non-hydrogen) atoms. The van der Waals surface area contributed by atoms with Crippen LogP contribution in [0.3, 0.4) is 0 Å². The predicted octanol–water partition coefficient (Wildman–Crippen LogP) is 5.70. The molecule has 0 N–H and O–H groups in total.